The maximum Gasteiger partial charge on any atom is 0.226 e. The molecule has 24 nitrogen and oxygen atoms in total. The predicted octanol–water partition coefficient (Wildman–Crippen LogP) is 0.105. The number of hydrogen-bond acceptors (Lipinski definition) is 20. The number of tetrazole rings is 2. The molecule has 0 spiro atoms. The number of rotatable bonds is 10. The monoisotopic (exact) mass is 814 g/mol. The molecule has 296 valence electrons. The predicted molar refractivity (Wildman–Crippen MR) is 191 cm³/mol. The fourth-order valence-electron chi connectivity index (χ4n) is 7.33. The number of fused-ring (bicyclic) bond motifs is 2. The van der Waals surface area contributed by atoms with Crippen molar-refractivity contribution in [2.75, 3.05) is 10.6 Å². The number of hydrogen-bond donors (Lipinski definition) is 6. The van der Waals surface area contributed by atoms with Crippen molar-refractivity contribution in [3.05, 3.63) is 34.9 Å². The van der Waals surface area contributed by atoms with Crippen molar-refractivity contribution in [3.63, 3.8) is 0 Å². The lowest BCUT2D eigenvalue weighted by Gasteiger charge is -2.30. The van der Waals surface area contributed by atoms with E-state index < -0.39 is 49.1 Å². The van der Waals surface area contributed by atoms with Gasteiger partial charge in [-0.2, -0.15) is 29.5 Å². The molecule has 6 N–H and O–H groups in total. The largest absolute Gasteiger partial charge is 0.387 e. The highest BCUT2D eigenvalue weighted by Gasteiger charge is 2.48. The second-order valence-corrected chi connectivity index (χ2v) is 14.4. The fourth-order valence-corrected chi connectivity index (χ4v) is 7.66. The molecule has 56 heavy (non-hydrogen) atoms. The van der Waals surface area contributed by atoms with Crippen LogP contribution in [0, 0.1) is 0 Å². The smallest absolute Gasteiger partial charge is 0.226 e. The third kappa shape index (κ3) is 6.44. The second-order valence-electron chi connectivity index (χ2n) is 13.7. The van der Waals surface area contributed by atoms with Crippen LogP contribution in [0.4, 0.5) is 11.6 Å². The first-order valence-corrected chi connectivity index (χ1v) is 18.8. The third-order valence-electron chi connectivity index (χ3n) is 10.2. The van der Waals surface area contributed by atoms with Crippen LogP contribution >= 0.6 is 23.2 Å². The molecule has 0 amide bonds. The van der Waals surface area contributed by atoms with Crippen molar-refractivity contribution in [2.45, 2.75) is 114 Å². The number of anilines is 2. The van der Waals surface area contributed by atoms with Crippen molar-refractivity contribution in [1.29, 1.82) is 0 Å². The Labute approximate surface area is 325 Å². The number of nitrogens with zero attached hydrogens (tertiary/aromatic N) is 16. The summed E-state index contributed by atoms with van der Waals surface area (Å²) in [5, 5.41) is 74.6. The lowest BCUT2D eigenvalue weighted by atomic mass is 9.91. The Bertz CT molecular complexity index is 2200. The molecule has 1 saturated carbocycles. The van der Waals surface area contributed by atoms with Gasteiger partial charge in [0.2, 0.25) is 22.2 Å². The van der Waals surface area contributed by atoms with Crippen molar-refractivity contribution in [1.82, 2.24) is 79.5 Å². The number of halogens is 2. The van der Waals surface area contributed by atoms with Crippen LogP contribution < -0.4 is 10.6 Å². The van der Waals surface area contributed by atoms with Gasteiger partial charge in [-0.05, 0) is 73.2 Å². The lowest BCUT2D eigenvalue weighted by molar-refractivity contribution is -0.0384. The van der Waals surface area contributed by atoms with Gasteiger partial charge in [-0.1, -0.05) is 0 Å². The number of imidazole rings is 2. The molecule has 26 heteroatoms. The van der Waals surface area contributed by atoms with Crippen molar-refractivity contribution < 1.29 is 29.9 Å². The van der Waals surface area contributed by atoms with Gasteiger partial charge >= 0.3 is 0 Å². The standard InChI is InChI=1S/C30H36Cl2N18O6/c1-3-49-43-23(41-45-49)19-15(51)17(53)27(55-19)47-9-33-13-21(37-29(31)39-25(13)47)35-11-5-7-12(8-6-11)36-22-14-26(40-30(32)38-22)48(10-34-14)28-18(54)16(52)20(56-28)24-42-46-50(4-2)44-24/h9-12,15-20,27-28,51-54H,3-8H2,1-2H3,(H,35,37,39)(H,36,38,40)/t11?,12?,15-,16-,17+,18+,19-,20-,27?,28?/m0/s1. The van der Waals surface area contributed by atoms with E-state index in [1.807, 2.05) is 13.8 Å². The van der Waals surface area contributed by atoms with Gasteiger partial charge in [0.05, 0.1) is 25.7 Å². The number of ether oxygens (including phenoxy) is 2. The maximum absolute atomic E-state index is 11.0. The first kappa shape index (κ1) is 36.8. The van der Waals surface area contributed by atoms with Crippen molar-refractivity contribution >= 4 is 57.2 Å². The highest BCUT2D eigenvalue weighted by Crippen LogP contribution is 2.41. The summed E-state index contributed by atoms with van der Waals surface area (Å²) in [4.78, 5) is 29.3. The molecule has 3 fully saturated rings. The molecular formula is C30H36Cl2N18O6. The Hall–Kier alpha value is -4.82. The van der Waals surface area contributed by atoms with E-state index >= 15 is 0 Å². The molecule has 9 rings (SSSR count). The molecule has 2 aliphatic heterocycles. The summed E-state index contributed by atoms with van der Waals surface area (Å²) in [6.07, 6.45) is -3.68. The summed E-state index contributed by atoms with van der Waals surface area (Å²) in [6, 6.07) is 0.00212. The Balaban J connectivity index is 0.873. The molecule has 2 saturated heterocycles. The fraction of sp³-hybridized carbons (Fsp3) is 0.600. The summed E-state index contributed by atoms with van der Waals surface area (Å²) in [5.74, 6) is 1.12. The van der Waals surface area contributed by atoms with Crippen LogP contribution in [0.3, 0.4) is 0 Å². The minimum absolute atomic E-state index is 0.00106. The minimum atomic E-state index is -1.35. The van der Waals surface area contributed by atoms with Crippen molar-refractivity contribution in [2.24, 2.45) is 0 Å². The number of aryl methyl sites for hydroxylation is 2. The number of nitrogens with one attached hydrogen (secondary N) is 2. The SMILES string of the molecule is CCn1nnc([C@H]2OC(n3cnc4c(NC5CCC(Nc6nc(Cl)nc7c6ncn7C6O[C@H](c7nnn(CC)n7)[C@@H](O)[C@H]6O)CC5)nc(Cl)nc43)[C@H](O)[C@@H]2O)n1. The topological polar surface area (TPSA) is 298 Å². The molecule has 6 aromatic rings. The van der Waals surface area contributed by atoms with E-state index in [1.54, 1.807) is 0 Å². The molecule has 8 atom stereocenters. The Kier molecular flexibility index (Phi) is 9.59. The molecule has 8 heterocycles. The second kappa shape index (κ2) is 14.6. The Morgan fingerprint density at radius 3 is 1.43 bits per heavy atom. The van der Waals surface area contributed by atoms with Gasteiger partial charge in [0, 0.05) is 12.1 Å². The first-order chi connectivity index (χ1) is 27.1. The summed E-state index contributed by atoms with van der Waals surface area (Å²) >= 11 is 12.8. The number of aliphatic hydroxyl groups excluding tert-OH is 4. The quantitative estimate of drug-likeness (QED) is 0.1000. The number of aliphatic hydroxyl groups is 4. The zero-order chi connectivity index (χ0) is 38.8. The van der Waals surface area contributed by atoms with Crippen LogP contribution in [0.25, 0.3) is 22.3 Å². The van der Waals surface area contributed by atoms with Crippen LogP contribution in [-0.4, -0.2) is 136 Å². The maximum atomic E-state index is 11.0. The van der Waals surface area contributed by atoms with Gasteiger partial charge in [-0.3, -0.25) is 9.13 Å². The van der Waals surface area contributed by atoms with E-state index in [2.05, 4.69) is 71.4 Å². The van der Waals surface area contributed by atoms with Crippen LogP contribution in [0.15, 0.2) is 12.7 Å². The summed E-state index contributed by atoms with van der Waals surface area (Å²) in [6.45, 7) is 4.65. The molecule has 0 bridgehead atoms. The Morgan fingerprint density at radius 1 is 0.643 bits per heavy atom. The lowest BCUT2D eigenvalue weighted by Crippen LogP contribution is -2.33. The van der Waals surface area contributed by atoms with E-state index in [-0.39, 0.29) is 34.3 Å². The highest BCUT2D eigenvalue weighted by atomic mass is 35.5. The zero-order valence-electron chi connectivity index (χ0n) is 29.7. The van der Waals surface area contributed by atoms with E-state index in [0.717, 1.165) is 25.7 Å². The van der Waals surface area contributed by atoms with E-state index in [4.69, 9.17) is 32.7 Å². The average molecular weight is 816 g/mol. The summed E-state index contributed by atoms with van der Waals surface area (Å²) in [7, 11) is 0. The van der Waals surface area contributed by atoms with Gasteiger partial charge in [0.25, 0.3) is 0 Å². The average Bonchev–Trinajstić information content (AvgIpc) is 4.05. The van der Waals surface area contributed by atoms with Gasteiger partial charge in [-0.25, -0.2) is 9.97 Å². The molecule has 6 aromatic heterocycles. The molecule has 2 unspecified atom stereocenters. The highest BCUT2D eigenvalue weighted by molar-refractivity contribution is 6.29. The third-order valence-corrected chi connectivity index (χ3v) is 10.6. The normalized spacial score (nSPS) is 29.5. The molecule has 0 radical (unpaired) electrons. The zero-order valence-corrected chi connectivity index (χ0v) is 31.2. The molecule has 3 aliphatic rings. The summed E-state index contributed by atoms with van der Waals surface area (Å²) < 4.78 is 15.0. The molecule has 0 aromatic carbocycles. The van der Waals surface area contributed by atoms with E-state index in [0.29, 0.717) is 47.1 Å². The van der Waals surface area contributed by atoms with Crippen LogP contribution in [0.5, 0.6) is 0 Å². The summed E-state index contributed by atoms with van der Waals surface area (Å²) in [5.41, 5.74) is 1.42. The molecular weight excluding hydrogens is 779 g/mol. The van der Waals surface area contributed by atoms with E-state index in [1.165, 1.54) is 31.4 Å². The number of aromatic nitrogens is 16. The Morgan fingerprint density at radius 2 is 1.05 bits per heavy atom. The van der Waals surface area contributed by atoms with Crippen LogP contribution in [0.1, 0.15) is 75.8 Å². The van der Waals surface area contributed by atoms with Gasteiger partial charge in [0.15, 0.2) is 58.6 Å². The van der Waals surface area contributed by atoms with Crippen LogP contribution in [-0.2, 0) is 22.6 Å². The van der Waals surface area contributed by atoms with E-state index in [9.17, 15) is 20.4 Å². The van der Waals surface area contributed by atoms with Crippen LogP contribution in [0.2, 0.25) is 10.6 Å². The van der Waals surface area contributed by atoms with Crippen molar-refractivity contribution in [3.8, 4) is 0 Å². The first-order valence-electron chi connectivity index (χ1n) is 18.0. The minimum Gasteiger partial charge on any atom is -0.387 e. The van der Waals surface area contributed by atoms with Gasteiger partial charge < -0.3 is 40.5 Å². The van der Waals surface area contributed by atoms with Gasteiger partial charge in [-0.15, -0.1) is 20.4 Å². The van der Waals surface area contributed by atoms with Gasteiger partial charge in [0.1, 0.15) is 24.4 Å². The molecule has 1 aliphatic carbocycles.